The van der Waals surface area contributed by atoms with E-state index in [2.05, 4.69) is 206 Å². The van der Waals surface area contributed by atoms with Gasteiger partial charge >= 0.3 is 0 Å². The van der Waals surface area contributed by atoms with Crippen LogP contribution in [0.5, 0.6) is 0 Å². The maximum Gasteiger partial charge on any atom is 0.0365 e. The Morgan fingerprint density at radius 3 is 1.17 bits per heavy atom. The highest BCUT2D eigenvalue weighted by molar-refractivity contribution is 7.99. The Hall–Kier alpha value is -2.77. The molecule has 4 aromatic carbocycles. The topological polar surface area (TPSA) is 0 Å². The molecule has 4 aromatic rings. The average Bonchev–Trinajstić information content (AvgIpc) is 3.17. The smallest absolute Gasteiger partial charge is 0.0365 e. The van der Waals surface area contributed by atoms with Crippen molar-refractivity contribution in [2.24, 2.45) is 0 Å². The molecule has 2 fully saturated rings. The van der Waals surface area contributed by atoms with Crippen LogP contribution in [0.4, 0.5) is 0 Å². The van der Waals surface area contributed by atoms with Crippen molar-refractivity contribution >= 4 is 11.8 Å². The van der Waals surface area contributed by atoms with Crippen LogP contribution in [-0.2, 0) is 32.5 Å². The second kappa shape index (κ2) is 18.6. The fourth-order valence-corrected chi connectivity index (χ4v) is 13.1. The van der Waals surface area contributed by atoms with Gasteiger partial charge in [0.25, 0.3) is 0 Å². The molecular weight excluding hydrogens is 801 g/mol. The number of hydrogen-bond acceptors (Lipinski definition) is 1. The maximum atomic E-state index is 2.87. The van der Waals surface area contributed by atoms with Gasteiger partial charge in [-0.2, -0.15) is 0 Å². The lowest BCUT2D eigenvalue weighted by atomic mass is 9.62. The summed E-state index contributed by atoms with van der Waals surface area (Å²) >= 11 is 2.18. The number of rotatable bonds is 7. The van der Waals surface area contributed by atoms with Crippen LogP contribution in [-0.4, -0.2) is 0 Å². The molecule has 0 radical (unpaired) electrons. The lowest BCUT2D eigenvalue weighted by molar-refractivity contribution is 0.423. The van der Waals surface area contributed by atoms with Crippen LogP contribution in [0.15, 0.2) is 58.3 Å². The van der Waals surface area contributed by atoms with Gasteiger partial charge in [0.15, 0.2) is 0 Å². The summed E-state index contributed by atoms with van der Waals surface area (Å²) in [6, 6.07) is 20.7. The molecule has 0 amide bonds. The first-order valence-corrected chi connectivity index (χ1v) is 26.9. The monoisotopic (exact) mass is 895 g/mol. The quantitative estimate of drug-likeness (QED) is 0.167. The normalized spacial score (nSPS) is 16.8. The largest absolute Gasteiger partial charge is 0.0892 e. The summed E-state index contributed by atoms with van der Waals surface area (Å²) in [6.45, 7) is 51.8. The predicted molar refractivity (Wildman–Crippen MR) is 289 cm³/mol. The molecule has 0 bridgehead atoms. The molecule has 1 heteroatoms. The Bertz CT molecular complexity index is 2170. The van der Waals surface area contributed by atoms with Gasteiger partial charge in [0.05, 0.1) is 0 Å². The summed E-state index contributed by atoms with van der Waals surface area (Å²) in [5.74, 6) is 1.09. The third-order valence-electron chi connectivity index (χ3n) is 15.3. The Labute approximate surface area is 405 Å². The van der Waals surface area contributed by atoms with Crippen molar-refractivity contribution in [3.63, 3.8) is 0 Å². The first-order valence-electron chi connectivity index (χ1n) is 26.1. The molecule has 0 aromatic heterocycles. The third-order valence-corrected chi connectivity index (χ3v) is 16.6. The summed E-state index contributed by atoms with van der Waals surface area (Å²) in [4.78, 5) is 3.03. The molecule has 65 heavy (non-hydrogen) atoms. The van der Waals surface area contributed by atoms with E-state index >= 15 is 0 Å². The van der Waals surface area contributed by atoms with Crippen molar-refractivity contribution in [2.45, 2.75) is 270 Å². The van der Waals surface area contributed by atoms with Crippen molar-refractivity contribution in [3.05, 3.63) is 126 Å². The van der Waals surface area contributed by atoms with E-state index < -0.39 is 0 Å². The molecule has 0 heterocycles. The Morgan fingerprint density at radius 2 is 0.800 bits per heavy atom. The second-order valence-corrected chi connectivity index (χ2v) is 28.5. The van der Waals surface area contributed by atoms with Crippen LogP contribution in [0, 0.1) is 20.8 Å². The highest BCUT2D eigenvalue weighted by Crippen LogP contribution is 2.58. The standard InChI is InChI=1S/C64H94S/c1-40-34-47(60(7,8)9)55(48(35-40)61(10,11)12)57(56-49(62(13,14)15)36-41(2)37-50(56)63(16,17)18)54-46(43-28-24-22-25-29-43)39-51(64(19,20)21)53(44-30-26-23-27-31-44)58(54)65-52-38-45(59(4,5)6)33-32-42(52)3/h32-39,43-44,57H,22-31H2,1-21H3. The molecule has 6 rings (SSSR count). The lowest BCUT2D eigenvalue weighted by Crippen LogP contribution is -2.30. The number of aryl methyl sites for hydroxylation is 3. The highest BCUT2D eigenvalue weighted by Gasteiger charge is 2.43. The van der Waals surface area contributed by atoms with Gasteiger partial charge in [-0.25, -0.2) is 0 Å². The van der Waals surface area contributed by atoms with Gasteiger partial charge in [0.1, 0.15) is 0 Å². The zero-order valence-corrected chi connectivity index (χ0v) is 46.6. The van der Waals surface area contributed by atoms with Gasteiger partial charge in [-0.3, -0.25) is 0 Å². The van der Waals surface area contributed by atoms with Crippen LogP contribution in [0.25, 0.3) is 0 Å². The molecule has 0 N–H and O–H groups in total. The first kappa shape index (κ1) is 51.6. The van der Waals surface area contributed by atoms with Crippen molar-refractivity contribution < 1.29 is 0 Å². The molecule has 0 aliphatic heterocycles. The van der Waals surface area contributed by atoms with E-state index in [4.69, 9.17) is 0 Å². The van der Waals surface area contributed by atoms with E-state index in [0.29, 0.717) is 11.8 Å². The molecule has 0 saturated heterocycles. The minimum atomic E-state index is -0.0818. The van der Waals surface area contributed by atoms with E-state index in [9.17, 15) is 0 Å². The fourth-order valence-electron chi connectivity index (χ4n) is 11.7. The van der Waals surface area contributed by atoms with E-state index in [-0.39, 0.29) is 38.4 Å². The van der Waals surface area contributed by atoms with Gasteiger partial charge in [0.2, 0.25) is 0 Å². The zero-order chi connectivity index (χ0) is 48.4. The fraction of sp³-hybridized carbons (Fsp3) is 0.625. The molecular formula is C64H94S. The van der Waals surface area contributed by atoms with Gasteiger partial charge < -0.3 is 0 Å². The minimum Gasteiger partial charge on any atom is -0.0892 e. The van der Waals surface area contributed by atoms with Crippen LogP contribution in [0.1, 0.15) is 284 Å². The van der Waals surface area contributed by atoms with Crippen molar-refractivity contribution in [2.75, 3.05) is 0 Å². The zero-order valence-electron chi connectivity index (χ0n) is 45.8. The molecule has 0 atom stereocenters. The molecule has 2 aliphatic rings. The van der Waals surface area contributed by atoms with E-state index in [1.54, 1.807) is 38.3 Å². The Kier molecular flexibility index (Phi) is 14.8. The summed E-state index contributed by atoms with van der Waals surface area (Å²) < 4.78 is 0. The van der Waals surface area contributed by atoms with Gasteiger partial charge in [-0.15, -0.1) is 0 Å². The Balaban J connectivity index is 2.03. The summed E-state index contributed by atoms with van der Waals surface area (Å²) in [6.07, 6.45) is 13.1. The Morgan fingerprint density at radius 1 is 0.415 bits per heavy atom. The van der Waals surface area contributed by atoms with Crippen molar-refractivity contribution in [3.8, 4) is 0 Å². The molecule has 356 valence electrons. The van der Waals surface area contributed by atoms with E-state index in [1.807, 2.05) is 0 Å². The van der Waals surface area contributed by atoms with Crippen LogP contribution in [0.3, 0.4) is 0 Å². The van der Waals surface area contributed by atoms with E-state index in [0.717, 1.165) is 0 Å². The second-order valence-electron chi connectivity index (χ2n) is 27.4. The lowest BCUT2D eigenvalue weighted by Gasteiger charge is -2.43. The van der Waals surface area contributed by atoms with Crippen molar-refractivity contribution in [1.29, 1.82) is 0 Å². The summed E-state index contributed by atoms with van der Waals surface area (Å²) in [5, 5.41) is 0. The van der Waals surface area contributed by atoms with E-state index in [1.165, 1.54) is 114 Å². The van der Waals surface area contributed by atoms with Crippen LogP contribution in [0.2, 0.25) is 0 Å². The molecule has 2 saturated carbocycles. The first-order chi connectivity index (χ1) is 29.8. The third kappa shape index (κ3) is 11.2. The van der Waals surface area contributed by atoms with Gasteiger partial charge in [0, 0.05) is 15.7 Å². The molecule has 0 nitrogen and oxygen atoms in total. The summed E-state index contributed by atoms with van der Waals surface area (Å²) in [5.41, 5.74) is 21.1. The van der Waals surface area contributed by atoms with Gasteiger partial charge in [-0.05, 0) is 164 Å². The molecule has 0 spiro atoms. The van der Waals surface area contributed by atoms with Crippen LogP contribution < -0.4 is 0 Å². The highest BCUT2D eigenvalue weighted by atomic mass is 32.2. The number of hydrogen-bond donors (Lipinski definition) is 0. The summed E-state index contributed by atoms with van der Waals surface area (Å²) in [7, 11) is 0. The average molecular weight is 896 g/mol. The molecule has 2 aliphatic carbocycles. The van der Waals surface area contributed by atoms with Gasteiger partial charge in [-0.1, -0.05) is 229 Å². The molecule has 0 unspecified atom stereocenters. The SMILES string of the molecule is Cc1cc(C(C)(C)C)c(C(c2c(C(C)(C)C)cc(C)cc2C(C)(C)C)c2c(C3CCCCC3)cc(C(C)(C)C)c(C3CCCCC3)c2Sc2cc(C(C)(C)C)ccc2C)c(C(C)(C)C)c1. The van der Waals surface area contributed by atoms with Crippen LogP contribution >= 0.6 is 11.8 Å². The predicted octanol–water partition coefficient (Wildman–Crippen LogP) is 19.8. The minimum absolute atomic E-state index is 0.00413. The number of benzene rings is 4. The maximum absolute atomic E-state index is 2.87. The van der Waals surface area contributed by atoms with Crippen molar-refractivity contribution in [1.82, 2.24) is 0 Å².